The maximum absolute atomic E-state index is 12.5. The number of nitrogens with zero attached hydrogens (tertiary/aromatic N) is 2. The molecular formula is C17H22N2OS. The molecule has 1 aromatic heterocycles. The summed E-state index contributed by atoms with van der Waals surface area (Å²) in [5.41, 5.74) is 3.13. The lowest BCUT2D eigenvalue weighted by Gasteiger charge is -2.18. The standard InChI is InChI=1S/C17H22N2OS/c1-12-10-16(13(2)21-12)17(20)19(5)11-14-6-8-15(9-7-14)18(3)4/h6-10H,11H2,1-5H3. The van der Waals surface area contributed by atoms with Gasteiger partial charge in [-0.05, 0) is 37.6 Å². The summed E-state index contributed by atoms with van der Waals surface area (Å²) in [5.74, 6) is 0.0912. The SMILES string of the molecule is Cc1cc(C(=O)N(C)Cc2ccc(N(C)C)cc2)c(C)s1. The van der Waals surface area contributed by atoms with Crippen molar-refractivity contribution in [2.45, 2.75) is 20.4 Å². The molecule has 0 aliphatic carbocycles. The third-order valence-corrected chi connectivity index (χ3v) is 4.46. The van der Waals surface area contributed by atoms with Crippen LogP contribution in [0, 0.1) is 13.8 Å². The van der Waals surface area contributed by atoms with Crippen LogP contribution in [0.25, 0.3) is 0 Å². The van der Waals surface area contributed by atoms with E-state index in [-0.39, 0.29) is 5.91 Å². The van der Waals surface area contributed by atoms with Gasteiger partial charge >= 0.3 is 0 Å². The average molecular weight is 302 g/mol. The highest BCUT2D eigenvalue weighted by molar-refractivity contribution is 7.12. The molecule has 2 rings (SSSR count). The molecule has 0 aliphatic heterocycles. The lowest BCUT2D eigenvalue weighted by atomic mass is 10.1. The zero-order chi connectivity index (χ0) is 15.6. The first-order chi connectivity index (χ1) is 9.88. The lowest BCUT2D eigenvalue weighted by molar-refractivity contribution is 0.0785. The van der Waals surface area contributed by atoms with E-state index in [0.29, 0.717) is 6.54 Å². The fourth-order valence-corrected chi connectivity index (χ4v) is 3.21. The largest absolute Gasteiger partial charge is 0.378 e. The molecule has 0 radical (unpaired) electrons. The van der Waals surface area contributed by atoms with Gasteiger partial charge < -0.3 is 9.80 Å². The fraction of sp³-hybridized carbons (Fsp3) is 0.353. The molecule has 0 bridgehead atoms. The zero-order valence-corrected chi connectivity index (χ0v) is 14.1. The molecule has 1 amide bonds. The second-order valence-corrected chi connectivity index (χ2v) is 7.01. The minimum Gasteiger partial charge on any atom is -0.378 e. The molecule has 1 heterocycles. The Labute approximate surface area is 130 Å². The molecule has 0 spiro atoms. The normalized spacial score (nSPS) is 10.5. The molecule has 0 saturated carbocycles. The third-order valence-electron chi connectivity index (χ3n) is 3.49. The van der Waals surface area contributed by atoms with Crippen LogP contribution >= 0.6 is 11.3 Å². The van der Waals surface area contributed by atoms with Crippen LogP contribution in [0.4, 0.5) is 5.69 Å². The average Bonchev–Trinajstić information content (AvgIpc) is 2.77. The van der Waals surface area contributed by atoms with Crippen molar-refractivity contribution in [1.29, 1.82) is 0 Å². The van der Waals surface area contributed by atoms with Gasteiger partial charge in [-0.2, -0.15) is 0 Å². The van der Waals surface area contributed by atoms with E-state index in [9.17, 15) is 4.79 Å². The van der Waals surface area contributed by atoms with Crippen LogP contribution in [-0.2, 0) is 6.54 Å². The summed E-state index contributed by atoms with van der Waals surface area (Å²) >= 11 is 1.67. The van der Waals surface area contributed by atoms with E-state index < -0.39 is 0 Å². The number of carbonyl (C=O) groups excluding carboxylic acids is 1. The molecular weight excluding hydrogens is 280 g/mol. The van der Waals surface area contributed by atoms with Crippen molar-refractivity contribution < 1.29 is 4.79 Å². The van der Waals surface area contributed by atoms with E-state index in [4.69, 9.17) is 0 Å². The van der Waals surface area contributed by atoms with Gasteiger partial charge in [-0.3, -0.25) is 4.79 Å². The number of rotatable bonds is 4. The highest BCUT2D eigenvalue weighted by Crippen LogP contribution is 2.22. The Morgan fingerprint density at radius 1 is 1.10 bits per heavy atom. The summed E-state index contributed by atoms with van der Waals surface area (Å²) < 4.78 is 0. The van der Waals surface area contributed by atoms with E-state index in [1.807, 2.05) is 41.1 Å². The number of carbonyl (C=O) groups is 1. The summed E-state index contributed by atoms with van der Waals surface area (Å²) in [6, 6.07) is 10.3. The first-order valence-corrected chi connectivity index (χ1v) is 7.79. The molecule has 0 unspecified atom stereocenters. The molecule has 4 heteroatoms. The van der Waals surface area contributed by atoms with Gasteiger partial charge in [-0.25, -0.2) is 0 Å². The van der Waals surface area contributed by atoms with Crippen LogP contribution < -0.4 is 4.90 Å². The van der Waals surface area contributed by atoms with Crippen LogP contribution in [0.1, 0.15) is 25.7 Å². The number of thiophene rings is 1. The van der Waals surface area contributed by atoms with Crippen LogP contribution in [0.3, 0.4) is 0 Å². The summed E-state index contributed by atoms with van der Waals surface area (Å²) in [5, 5.41) is 0. The van der Waals surface area contributed by atoms with Crippen LogP contribution in [-0.4, -0.2) is 32.0 Å². The van der Waals surface area contributed by atoms with Crippen LogP contribution in [0.2, 0.25) is 0 Å². The first kappa shape index (κ1) is 15.6. The van der Waals surface area contributed by atoms with Gasteiger partial charge in [0.15, 0.2) is 0 Å². The Bertz CT molecular complexity index is 629. The minimum atomic E-state index is 0.0912. The number of benzene rings is 1. The topological polar surface area (TPSA) is 23.6 Å². The Hall–Kier alpha value is -1.81. The molecule has 112 valence electrons. The number of hydrogen-bond acceptors (Lipinski definition) is 3. The summed E-state index contributed by atoms with van der Waals surface area (Å²) in [7, 11) is 5.90. The highest BCUT2D eigenvalue weighted by Gasteiger charge is 2.16. The van der Waals surface area contributed by atoms with E-state index in [0.717, 1.165) is 21.7 Å². The van der Waals surface area contributed by atoms with Gasteiger partial charge in [-0.1, -0.05) is 12.1 Å². The van der Waals surface area contributed by atoms with Crippen molar-refractivity contribution in [1.82, 2.24) is 4.90 Å². The van der Waals surface area contributed by atoms with E-state index in [1.165, 1.54) is 4.88 Å². The van der Waals surface area contributed by atoms with Gasteiger partial charge in [0.2, 0.25) is 0 Å². The van der Waals surface area contributed by atoms with E-state index >= 15 is 0 Å². The molecule has 0 saturated heterocycles. The van der Waals surface area contributed by atoms with Crippen LogP contribution in [0.15, 0.2) is 30.3 Å². The molecule has 0 aliphatic rings. The van der Waals surface area contributed by atoms with Gasteiger partial charge in [0.25, 0.3) is 5.91 Å². The van der Waals surface area contributed by atoms with Crippen molar-refractivity contribution in [2.24, 2.45) is 0 Å². The molecule has 21 heavy (non-hydrogen) atoms. The monoisotopic (exact) mass is 302 g/mol. The Kier molecular flexibility index (Phi) is 4.68. The maximum atomic E-state index is 12.5. The molecule has 3 nitrogen and oxygen atoms in total. The summed E-state index contributed by atoms with van der Waals surface area (Å²) in [6.45, 7) is 4.67. The first-order valence-electron chi connectivity index (χ1n) is 6.97. The smallest absolute Gasteiger partial charge is 0.255 e. The predicted molar refractivity (Wildman–Crippen MR) is 90.4 cm³/mol. The van der Waals surface area contributed by atoms with Gasteiger partial charge in [0, 0.05) is 43.1 Å². The van der Waals surface area contributed by atoms with Crippen molar-refractivity contribution in [3.8, 4) is 0 Å². The molecule has 1 aromatic carbocycles. The predicted octanol–water partition coefficient (Wildman–Crippen LogP) is 3.70. The number of aryl methyl sites for hydroxylation is 2. The summed E-state index contributed by atoms with van der Waals surface area (Å²) in [4.78, 5) is 18.6. The van der Waals surface area contributed by atoms with Gasteiger partial charge in [-0.15, -0.1) is 11.3 Å². The van der Waals surface area contributed by atoms with Crippen molar-refractivity contribution in [2.75, 3.05) is 26.0 Å². The molecule has 0 fully saturated rings. The maximum Gasteiger partial charge on any atom is 0.255 e. The van der Waals surface area contributed by atoms with Crippen LogP contribution in [0.5, 0.6) is 0 Å². The second-order valence-electron chi connectivity index (χ2n) is 5.55. The summed E-state index contributed by atoms with van der Waals surface area (Å²) in [6.07, 6.45) is 0. The lowest BCUT2D eigenvalue weighted by Crippen LogP contribution is -2.26. The third kappa shape index (κ3) is 3.64. The van der Waals surface area contributed by atoms with E-state index in [2.05, 4.69) is 29.2 Å². The van der Waals surface area contributed by atoms with Crippen molar-refractivity contribution in [3.63, 3.8) is 0 Å². The second kappa shape index (κ2) is 6.31. The number of anilines is 1. The number of amides is 1. The van der Waals surface area contributed by atoms with Gasteiger partial charge in [0.05, 0.1) is 5.56 Å². The Morgan fingerprint density at radius 3 is 2.19 bits per heavy atom. The highest BCUT2D eigenvalue weighted by atomic mass is 32.1. The Morgan fingerprint density at radius 2 is 1.71 bits per heavy atom. The molecule has 2 aromatic rings. The zero-order valence-electron chi connectivity index (χ0n) is 13.3. The Balaban J connectivity index is 2.08. The van der Waals surface area contributed by atoms with Gasteiger partial charge in [0.1, 0.15) is 0 Å². The van der Waals surface area contributed by atoms with Crippen molar-refractivity contribution >= 4 is 22.9 Å². The fourth-order valence-electron chi connectivity index (χ4n) is 2.29. The van der Waals surface area contributed by atoms with E-state index in [1.54, 1.807) is 16.2 Å². The quantitative estimate of drug-likeness (QED) is 0.859. The minimum absolute atomic E-state index is 0.0912. The molecule has 0 N–H and O–H groups in total. The molecule has 0 atom stereocenters. The van der Waals surface area contributed by atoms with Crippen molar-refractivity contribution in [3.05, 3.63) is 51.2 Å². The number of hydrogen-bond donors (Lipinski definition) is 0.